The van der Waals surface area contributed by atoms with E-state index in [4.69, 9.17) is 4.74 Å². The SMILES string of the molecule is O=S1(=O)CC=C(c2cnc(NCc3c(F)ccc4c3CCO4)n3cnnc23)CC1. The molecule has 1 aromatic carbocycles. The molecule has 8 nitrogen and oxygen atoms in total. The Hall–Kier alpha value is -3.01. The number of sulfone groups is 1. The molecule has 0 atom stereocenters. The van der Waals surface area contributed by atoms with Crippen molar-refractivity contribution in [2.24, 2.45) is 0 Å². The summed E-state index contributed by atoms with van der Waals surface area (Å²) >= 11 is 0. The normalized spacial score (nSPS) is 17.6. The van der Waals surface area contributed by atoms with Gasteiger partial charge in [0.25, 0.3) is 0 Å². The number of hydrogen-bond acceptors (Lipinski definition) is 7. The summed E-state index contributed by atoms with van der Waals surface area (Å²) in [6, 6.07) is 3.07. The van der Waals surface area contributed by atoms with Crippen LogP contribution in [0.25, 0.3) is 11.2 Å². The summed E-state index contributed by atoms with van der Waals surface area (Å²) in [4.78, 5) is 4.46. The molecular weight excluding hydrogens is 397 g/mol. The smallest absolute Gasteiger partial charge is 0.210 e. The van der Waals surface area contributed by atoms with Crippen LogP contribution in [-0.4, -0.2) is 46.1 Å². The van der Waals surface area contributed by atoms with Crippen LogP contribution in [0.5, 0.6) is 5.75 Å². The number of aromatic nitrogens is 4. The molecule has 0 fully saturated rings. The van der Waals surface area contributed by atoms with Crippen LogP contribution < -0.4 is 10.1 Å². The molecule has 3 aromatic rings. The second-order valence-corrected chi connectivity index (χ2v) is 9.30. The van der Waals surface area contributed by atoms with E-state index in [0.29, 0.717) is 36.6 Å². The molecule has 0 unspecified atom stereocenters. The number of halogens is 1. The molecular formula is C19H18FN5O3S. The lowest BCUT2D eigenvalue weighted by atomic mass is 10.0. The standard InChI is InChI=1S/C19H18FN5O3S/c20-16-1-2-17-13(3-6-28-17)15(16)10-22-19-21-9-14(18-24-23-11-25(18)19)12-4-7-29(26,27)8-5-12/h1-2,4,9,11H,3,5-8,10H2,(H,21,22). The predicted octanol–water partition coefficient (Wildman–Crippen LogP) is 2.01. The number of allylic oxidation sites excluding steroid dienone is 1. The summed E-state index contributed by atoms with van der Waals surface area (Å²) in [7, 11) is -3.02. The third kappa shape index (κ3) is 3.23. The Morgan fingerprint density at radius 1 is 1.28 bits per heavy atom. The molecule has 150 valence electrons. The maximum absolute atomic E-state index is 14.4. The average Bonchev–Trinajstić information content (AvgIpc) is 3.37. The van der Waals surface area contributed by atoms with Crippen molar-refractivity contribution < 1.29 is 17.5 Å². The molecule has 0 saturated carbocycles. The minimum Gasteiger partial charge on any atom is -0.493 e. The van der Waals surface area contributed by atoms with E-state index in [9.17, 15) is 12.8 Å². The second-order valence-electron chi connectivity index (χ2n) is 7.07. The molecule has 4 heterocycles. The third-order valence-corrected chi connectivity index (χ3v) is 6.81. The van der Waals surface area contributed by atoms with Crippen LogP contribution in [0.4, 0.5) is 10.3 Å². The molecule has 0 saturated heterocycles. The zero-order chi connectivity index (χ0) is 20.0. The Balaban J connectivity index is 1.46. The fourth-order valence-corrected chi connectivity index (χ4v) is 4.93. The molecule has 5 rings (SSSR count). The number of rotatable bonds is 4. The lowest BCUT2D eigenvalue weighted by Crippen LogP contribution is -2.16. The first-order valence-corrected chi connectivity index (χ1v) is 11.1. The first kappa shape index (κ1) is 18.0. The van der Waals surface area contributed by atoms with E-state index in [-0.39, 0.29) is 23.9 Å². The van der Waals surface area contributed by atoms with Gasteiger partial charge in [0.2, 0.25) is 5.95 Å². The average molecular weight is 415 g/mol. The molecule has 29 heavy (non-hydrogen) atoms. The fourth-order valence-electron chi connectivity index (χ4n) is 3.77. The monoisotopic (exact) mass is 415 g/mol. The van der Waals surface area contributed by atoms with Gasteiger partial charge in [-0.05, 0) is 24.1 Å². The number of nitrogens with one attached hydrogen (secondary N) is 1. The van der Waals surface area contributed by atoms with Crippen molar-refractivity contribution in [2.45, 2.75) is 19.4 Å². The van der Waals surface area contributed by atoms with Crippen LogP contribution >= 0.6 is 0 Å². The molecule has 2 aromatic heterocycles. The first-order chi connectivity index (χ1) is 14.0. The van der Waals surface area contributed by atoms with Crippen molar-refractivity contribution in [1.82, 2.24) is 19.6 Å². The number of nitrogens with zero attached hydrogens (tertiary/aromatic N) is 4. The van der Waals surface area contributed by atoms with Crippen LogP contribution in [0.3, 0.4) is 0 Å². The van der Waals surface area contributed by atoms with E-state index in [1.165, 1.54) is 12.4 Å². The second kappa shape index (κ2) is 6.80. The molecule has 0 spiro atoms. The molecule has 0 radical (unpaired) electrons. The Labute approximate surface area is 166 Å². The molecule has 2 aliphatic rings. The lowest BCUT2D eigenvalue weighted by Gasteiger charge is -2.15. The molecule has 10 heteroatoms. The Morgan fingerprint density at radius 3 is 3.00 bits per heavy atom. The summed E-state index contributed by atoms with van der Waals surface area (Å²) in [6.07, 6.45) is 5.99. The van der Waals surface area contributed by atoms with Gasteiger partial charge in [-0.15, -0.1) is 10.2 Å². The van der Waals surface area contributed by atoms with E-state index in [1.54, 1.807) is 22.7 Å². The van der Waals surface area contributed by atoms with Crippen LogP contribution in [-0.2, 0) is 22.8 Å². The van der Waals surface area contributed by atoms with E-state index >= 15 is 0 Å². The van der Waals surface area contributed by atoms with Gasteiger partial charge in [0.15, 0.2) is 15.5 Å². The van der Waals surface area contributed by atoms with E-state index in [2.05, 4.69) is 20.5 Å². The summed E-state index contributed by atoms with van der Waals surface area (Å²) in [5.74, 6) is 1.05. The van der Waals surface area contributed by atoms with E-state index < -0.39 is 9.84 Å². The topological polar surface area (TPSA) is 98.5 Å². The van der Waals surface area contributed by atoms with Gasteiger partial charge in [0.05, 0.1) is 18.1 Å². The third-order valence-electron chi connectivity index (χ3n) is 5.31. The summed E-state index contributed by atoms with van der Waals surface area (Å²) in [5, 5.41) is 11.3. The minimum absolute atomic E-state index is 0.0170. The number of ether oxygens (including phenoxy) is 1. The Bertz CT molecular complexity index is 1250. The number of anilines is 1. The summed E-state index contributed by atoms with van der Waals surface area (Å²) in [5.41, 5.74) is 3.66. The van der Waals surface area contributed by atoms with Crippen molar-refractivity contribution in [3.05, 3.63) is 53.2 Å². The Morgan fingerprint density at radius 2 is 2.17 bits per heavy atom. The van der Waals surface area contributed by atoms with Gasteiger partial charge in [-0.2, -0.15) is 0 Å². The number of benzene rings is 1. The maximum Gasteiger partial charge on any atom is 0.210 e. The Kier molecular flexibility index (Phi) is 4.23. The van der Waals surface area contributed by atoms with E-state index in [1.807, 2.05) is 0 Å². The number of fused-ring (bicyclic) bond motifs is 2. The van der Waals surface area contributed by atoms with Crippen LogP contribution in [0.2, 0.25) is 0 Å². The zero-order valence-corrected chi connectivity index (χ0v) is 16.2. The van der Waals surface area contributed by atoms with Gasteiger partial charge in [0.1, 0.15) is 17.9 Å². The van der Waals surface area contributed by atoms with Gasteiger partial charge in [-0.1, -0.05) is 6.08 Å². The highest BCUT2D eigenvalue weighted by Crippen LogP contribution is 2.31. The maximum atomic E-state index is 14.4. The van der Waals surface area contributed by atoms with Crippen molar-refractivity contribution >= 4 is 27.0 Å². The summed E-state index contributed by atoms with van der Waals surface area (Å²) in [6.45, 7) is 0.804. The summed E-state index contributed by atoms with van der Waals surface area (Å²) < 4.78 is 44.9. The quantitative estimate of drug-likeness (QED) is 0.696. The van der Waals surface area contributed by atoms with Crippen LogP contribution in [0.1, 0.15) is 23.1 Å². The van der Waals surface area contributed by atoms with Crippen molar-refractivity contribution in [2.75, 3.05) is 23.4 Å². The van der Waals surface area contributed by atoms with Crippen molar-refractivity contribution in [3.63, 3.8) is 0 Å². The molecule has 2 aliphatic heterocycles. The van der Waals surface area contributed by atoms with Crippen molar-refractivity contribution in [3.8, 4) is 5.75 Å². The van der Waals surface area contributed by atoms with E-state index in [0.717, 1.165) is 22.4 Å². The predicted molar refractivity (Wildman–Crippen MR) is 105 cm³/mol. The van der Waals surface area contributed by atoms with Gasteiger partial charge >= 0.3 is 0 Å². The van der Waals surface area contributed by atoms with Crippen LogP contribution in [0, 0.1) is 5.82 Å². The van der Waals surface area contributed by atoms with Crippen LogP contribution in [0.15, 0.2) is 30.7 Å². The highest BCUT2D eigenvalue weighted by atomic mass is 32.2. The first-order valence-electron chi connectivity index (χ1n) is 9.27. The van der Waals surface area contributed by atoms with Crippen molar-refractivity contribution in [1.29, 1.82) is 0 Å². The van der Waals surface area contributed by atoms with Gasteiger partial charge < -0.3 is 10.1 Å². The van der Waals surface area contributed by atoms with Gasteiger partial charge in [0, 0.05) is 35.9 Å². The minimum atomic E-state index is -3.02. The number of hydrogen-bond donors (Lipinski definition) is 1. The molecule has 0 amide bonds. The largest absolute Gasteiger partial charge is 0.493 e. The molecule has 1 N–H and O–H groups in total. The zero-order valence-electron chi connectivity index (χ0n) is 15.4. The molecule has 0 aliphatic carbocycles. The van der Waals surface area contributed by atoms with Gasteiger partial charge in [-0.3, -0.25) is 4.40 Å². The van der Waals surface area contributed by atoms with Gasteiger partial charge in [-0.25, -0.2) is 17.8 Å². The highest BCUT2D eigenvalue weighted by molar-refractivity contribution is 7.91. The fraction of sp³-hybridized carbons (Fsp3) is 0.316. The molecule has 0 bridgehead atoms. The highest BCUT2D eigenvalue weighted by Gasteiger charge is 2.22. The lowest BCUT2D eigenvalue weighted by molar-refractivity contribution is 0.356.